The lowest BCUT2D eigenvalue weighted by Gasteiger charge is -1.92. The molecule has 2 heterocycles. The second-order valence-electron chi connectivity index (χ2n) is 4.30. The van der Waals surface area contributed by atoms with E-state index in [4.69, 9.17) is 11.7 Å². The summed E-state index contributed by atoms with van der Waals surface area (Å²) in [7, 11) is 0. The van der Waals surface area contributed by atoms with Gasteiger partial charge in [-0.05, 0) is 27.7 Å². The average Bonchev–Trinajstić information content (AvgIpc) is 3.00. The monoisotopic (exact) mass is 308 g/mol. The Kier molecular flexibility index (Phi) is 4.15. The maximum Gasteiger partial charge on any atom is 0.153 e. The Morgan fingerprint density at radius 3 is 1.50 bits per heavy atom. The number of hydrogen-bond acceptors (Lipinski definition) is 8. The van der Waals surface area contributed by atoms with E-state index in [1.807, 2.05) is 27.7 Å². The molecule has 0 bridgehead atoms. The van der Waals surface area contributed by atoms with E-state index in [0.717, 1.165) is 42.6 Å². The van der Waals surface area contributed by atoms with E-state index in [0.29, 0.717) is 0 Å². The number of nitrogens with zero attached hydrogens (tertiary/aromatic N) is 4. The molecule has 2 aromatic heterocycles. The zero-order chi connectivity index (χ0) is 14.9. The summed E-state index contributed by atoms with van der Waals surface area (Å²) in [6.07, 6.45) is 0. The molecule has 106 valence electrons. The van der Waals surface area contributed by atoms with Crippen molar-refractivity contribution in [1.29, 1.82) is 0 Å². The molecule has 4 N–H and O–H groups in total. The molecule has 0 spiro atoms. The Balaban J connectivity index is 2.48. The summed E-state index contributed by atoms with van der Waals surface area (Å²) in [4.78, 5) is 11.1. The van der Waals surface area contributed by atoms with Gasteiger partial charge in [-0.3, -0.25) is 0 Å². The second-order valence-corrected chi connectivity index (χ2v) is 6.29. The van der Waals surface area contributed by atoms with Crippen molar-refractivity contribution in [2.24, 2.45) is 21.9 Å². The molecule has 0 aliphatic rings. The van der Waals surface area contributed by atoms with E-state index in [-0.39, 0.29) is 0 Å². The van der Waals surface area contributed by atoms with Crippen LogP contribution in [0.3, 0.4) is 0 Å². The van der Waals surface area contributed by atoms with Crippen LogP contribution >= 0.6 is 22.7 Å². The van der Waals surface area contributed by atoms with Crippen LogP contribution in [0.1, 0.15) is 35.0 Å². The Labute approximate surface area is 125 Å². The zero-order valence-electron chi connectivity index (χ0n) is 11.8. The largest absolute Gasteiger partial charge is 0.323 e. The average molecular weight is 308 g/mol. The summed E-state index contributed by atoms with van der Waals surface area (Å²) in [6, 6.07) is 0. The van der Waals surface area contributed by atoms with Gasteiger partial charge in [0.05, 0.1) is 32.6 Å². The lowest BCUT2D eigenvalue weighted by molar-refractivity contribution is 1.20. The van der Waals surface area contributed by atoms with E-state index in [1.54, 1.807) is 22.7 Å². The fourth-order valence-corrected chi connectivity index (χ4v) is 3.82. The summed E-state index contributed by atoms with van der Waals surface area (Å²) in [5.41, 5.74) is 3.38. The topological polar surface area (TPSA) is 103 Å². The van der Waals surface area contributed by atoms with Crippen LogP contribution in [0.15, 0.2) is 10.2 Å². The van der Waals surface area contributed by atoms with Crippen molar-refractivity contribution in [2.75, 3.05) is 0 Å². The highest BCUT2D eigenvalue weighted by Crippen LogP contribution is 2.33. The number of nitrogens with two attached hydrogens (primary N) is 2. The molecule has 0 atom stereocenters. The van der Waals surface area contributed by atoms with Crippen LogP contribution in [-0.2, 0) is 0 Å². The molecular formula is C12H16N6S2. The van der Waals surface area contributed by atoms with Crippen molar-refractivity contribution in [3.8, 4) is 10.0 Å². The normalized spacial score (nSPS) is 13.0. The van der Waals surface area contributed by atoms with Crippen LogP contribution in [0.25, 0.3) is 10.0 Å². The van der Waals surface area contributed by atoms with Crippen molar-refractivity contribution in [3.63, 3.8) is 0 Å². The molecular weight excluding hydrogens is 292 g/mol. The lowest BCUT2D eigenvalue weighted by Crippen LogP contribution is -1.97. The van der Waals surface area contributed by atoms with Crippen LogP contribution in [-0.4, -0.2) is 21.4 Å². The van der Waals surface area contributed by atoms with Gasteiger partial charge in [-0.1, -0.05) is 0 Å². The lowest BCUT2D eigenvalue weighted by atomic mass is 10.3. The van der Waals surface area contributed by atoms with Crippen molar-refractivity contribution in [2.45, 2.75) is 27.7 Å². The minimum absolute atomic E-state index is 0.777. The first-order chi connectivity index (χ1) is 9.47. The van der Waals surface area contributed by atoms with Gasteiger partial charge in [-0.15, -0.1) is 22.7 Å². The molecule has 2 aromatic rings. The van der Waals surface area contributed by atoms with Gasteiger partial charge in [0.25, 0.3) is 0 Å². The number of thiazole rings is 2. The highest BCUT2D eigenvalue weighted by atomic mass is 32.1. The first-order valence-electron chi connectivity index (χ1n) is 5.92. The van der Waals surface area contributed by atoms with Gasteiger partial charge >= 0.3 is 0 Å². The van der Waals surface area contributed by atoms with Crippen LogP contribution < -0.4 is 11.7 Å². The Morgan fingerprint density at radius 1 is 0.850 bits per heavy atom. The van der Waals surface area contributed by atoms with E-state index < -0.39 is 0 Å². The summed E-state index contributed by atoms with van der Waals surface area (Å²) in [6.45, 7) is 7.62. The van der Waals surface area contributed by atoms with E-state index in [9.17, 15) is 0 Å². The van der Waals surface area contributed by atoms with Gasteiger partial charge < -0.3 is 11.7 Å². The van der Waals surface area contributed by atoms with Crippen molar-refractivity contribution in [1.82, 2.24) is 9.97 Å². The molecule has 0 saturated carbocycles. The summed E-state index contributed by atoms with van der Waals surface area (Å²) in [5, 5.41) is 9.18. The Morgan fingerprint density at radius 2 is 1.20 bits per heavy atom. The minimum atomic E-state index is 0.777. The van der Waals surface area contributed by atoms with Gasteiger partial charge in [0.2, 0.25) is 0 Å². The van der Waals surface area contributed by atoms with Crippen molar-refractivity contribution >= 4 is 34.1 Å². The molecule has 8 heteroatoms. The fourth-order valence-electron chi connectivity index (χ4n) is 1.76. The molecule has 20 heavy (non-hydrogen) atoms. The van der Waals surface area contributed by atoms with Crippen LogP contribution in [0.2, 0.25) is 0 Å². The van der Waals surface area contributed by atoms with Gasteiger partial charge in [-0.25, -0.2) is 9.97 Å². The van der Waals surface area contributed by atoms with Crippen LogP contribution in [0.5, 0.6) is 0 Å². The molecule has 0 unspecified atom stereocenters. The van der Waals surface area contributed by atoms with E-state index in [1.165, 1.54) is 0 Å². The molecule has 0 saturated heterocycles. The molecule has 0 radical (unpaired) electrons. The summed E-state index contributed by atoms with van der Waals surface area (Å²) < 4.78 is 0. The Bertz CT molecular complexity index is 635. The van der Waals surface area contributed by atoms with Gasteiger partial charge in [-0.2, -0.15) is 10.2 Å². The molecule has 0 aliphatic carbocycles. The third-order valence-corrected chi connectivity index (χ3v) is 5.50. The number of rotatable bonds is 3. The van der Waals surface area contributed by atoms with Gasteiger partial charge in [0.1, 0.15) is 0 Å². The zero-order valence-corrected chi connectivity index (χ0v) is 13.4. The third kappa shape index (κ3) is 2.56. The van der Waals surface area contributed by atoms with Crippen LogP contribution in [0, 0.1) is 13.8 Å². The Hall–Kier alpha value is -1.80. The number of hydrogen-bond donors (Lipinski definition) is 2. The van der Waals surface area contributed by atoms with E-state index in [2.05, 4.69) is 20.2 Å². The predicted octanol–water partition coefficient (Wildman–Crippen LogP) is 2.25. The van der Waals surface area contributed by atoms with Crippen LogP contribution in [0.4, 0.5) is 0 Å². The summed E-state index contributed by atoms with van der Waals surface area (Å²) in [5.74, 6) is 10.7. The van der Waals surface area contributed by atoms with Crippen molar-refractivity contribution < 1.29 is 0 Å². The first-order valence-corrected chi connectivity index (χ1v) is 7.56. The molecule has 0 aromatic carbocycles. The SMILES string of the molecule is CC(=NN)c1sc(-c2nc(C)c(C(C)=NN)s2)nc1C. The molecule has 0 aliphatic heterocycles. The van der Waals surface area contributed by atoms with E-state index >= 15 is 0 Å². The standard InChI is InChI=1S/C12H16N6S2/c1-5-9(7(3)17-13)19-11(15-5)12-16-6(2)10(20-12)8(4)18-14/h13-14H2,1-4H3. The second kappa shape index (κ2) is 5.68. The smallest absolute Gasteiger partial charge is 0.153 e. The molecule has 6 nitrogen and oxygen atoms in total. The maximum absolute atomic E-state index is 5.33. The maximum atomic E-state index is 5.33. The minimum Gasteiger partial charge on any atom is -0.323 e. The number of aromatic nitrogens is 2. The van der Waals surface area contributed by atoms with Gasteiger partial charge in [0, 0.05) is 0 Å². The van der Waals surface area contributed by atoms with Crippen molar-refractivity contribution in [3.05, 3.63) is 21.1 Å². The fraction of sp³-hybridized carbons (Fsp3) is 0.333. The molecule has 0 amide bonds. The molecule has 0 fully saturated rings. The quantitative estimate of drug-likeness (QED) is 0.515. The number of aryl methyl sites for hydroxylation is 2. The highest BCUT2D eigenvalue weighted by molar-refractivity contribution is 7.23. The first kappa shape index (κ1) is 14.6. The van der Waals surface area contributed by atoms with Gasteiger partial charge in [0.15, 0.2) is 10.0 Å². The highest BCUT2D eigenvalue weighted by Gasteiger charge is 2.17. The number of hydrazone groups is 2. The molecule has 2 rings (SSSR count). The predicted molar refractivity (Wildman–Crippen MR) is 85.5 cm³/mol. The summed E-state index contributed by atoms with van der Waals surface area (Å²) >= 11 is 3.08. The third-order valence-electron chi connectivity index (χ3n) is 2.82.